The summed E-state index contributed by atoms with van der Waals surface area (Å²) in [5, 5.41) is 3.67. The largest absolute Gasteiger partial charge is 0.467 e. The van der Waals surface area contributed by atoms with Gasteiger partial charge in [0.05, 0.1) is 12.1 Å². The highest BCUT2D eigenvalue weighted by molar-refractivity contribution is 5.85. The molecule has 0 aromatic carbocycles. The summed E-state index contributed by atoms with van der Waals surface area (Å²) in [6.45, 7) is 2.13. The Labute approximate surface area is 86.7 Å². The van der Waals surface area contributed by atoms with Crippen molar-refractivity contribution in [3.63, 3.8) is 0 Å². The summed E-state index contributed by atoms with van der Waals surface area (Å²) >= 11 is 0. The van der Waals surface area contributed by atoms with E-state index < -0.39 is 0 Å². The predicted octanol–water partition coefficient (Wildman–Crippen LogP) is 1.52. The minimum Gasteiger partial charge on any atom is -0.467 e. The lowest BCUT2D eigenvalue weighted by Crippen LogP contribution is -1.92. The third-order valence-corrected chi connectivity index (χ3v) is 1.63. The van der Waals surface area contributed by atoms with Gasteiger partial charge in [0.1, 0.15) is 12.0 Å². The Bertz CT molecular complexity index is 410. The standard InChI is InChI=1S/C8H9N3O2.ClH/c1-5-10-8(13-11-5)6-2-7(3-9)12-4-6;/h2,4H,3,9H2,1H3;1H. The van der Waals surface area contributed by atoms with Crippen LogP contribution in [-0.2, 0) is 6.54 Å². The smallest absolute Gasteiger partial charge is 0.261 e. The molecular formula is C8H10ClN3O2. The summed E-state index contributed by atoms with van der Waals surface area (Å²) in [6, 6.07) is 1.78. The molecule has 0 aliphatic heterocycles. The van der Waals surface area contributed by atoms with Gasteiger partial charge >= 0.3 is 0 Å². The van der Waals surface area contributed by atoms with Crippen molar-refractivity contribution in [3.05, 3.63) is 23.9 Å². The van der Waals surface area contributed by atoms with E-state index in [4.69, 9.17) is 14.7 Å². The number of aryl methyl sites for hydroxylation is 1. The van der Waals surface area contributed by atoms with Crippen molar-refractivity contribution in [1.82, 2.24) is 10.1 Å². The number of aromatic nitrogens is 2. The molecule has 6 heteroatoms. The molecule has 0 saturated heterocycles. The van der Waals surface area contributed by atoms with Crippen LogP contribution in [0.15, 0.2) is 21.3 Å². The number of nitrogens with zero attached hydrogens (tertiary/aromatic N) is 2. The molecule has 0 aliphatic rings. The zero-order chi connectivity index (χ0) is 9.26. The summed E-state index contributed by atoms with van der Waals surface area (Å²) < 4.78 is 10.1. The molecule has 0 fully saturated rings. The van der Waals surface area contributed by atoms with Crippen LogP contribution in [0, 0.1) is 6.92 Å². The number of hydrogen-bond donors (Lipinski definition) is 1. The van der Waals surface area contributed by atoms with Gasteiger partial charge in [0.25, 0.3) is 5.89 Å². The third-order valence-electron chi connectivity index (χ3n) is 1.63. The Hall–Kier alpha value is -1.33. The zero-order valence-corrected chi connectivity index (χ0v) is 8.37. The Morgan fingerprint density at radius 2 is 2.29 bits per heavy atom. The summed E-state index contributed by atoms with van der Waals surface area (Å²) in [7, 11) is 0. The van der Waals surface area contributed by atoms with E-state index in [1.807, 2.05) is 0 Å². The number of halogens is 1. The molecule has 2 N–H and O–H groups in total. The van der Waals surface area contributed by atoms with Gasteiger partial charge in [-0.05, 0) is 13.0 Å². The molecule has 5 nitrogen and oxygen atoms in total. The van der Waals surface area contributed by atoms with E-state index >= 15 is 0 Å². The fraction of sp³-hybridized carbons (Fsp3) is 0.250. The molecule has 2 heterocycles. The number of furan rings is 1. The fourth-order valence-electron chi connectivity index (χ4n) is 1.01. The molecule has 0 spiro atoms. The molecule has 14 heavy (non-hydrogen) atoms. The van der Waals surface area contributed by atoms with Crippen LogP contribution in [0.1, 0.15) is 11.6 Å². The second-order valence-corrected chi connectivity index (χ2v) is 2.65. The van der Waals surface area contributed by atoms with E-state index in [1.165, 1.54) is 0 Å². The quantitative estimate of drug-likeness (QED) is 0.822. The summed E-state index contributed by atoms with van der Waals surface area (Å²) in [4.78, 5) is 4.05. The normalized spacial score (nSPS) is 9.86. The Balaban J connectivity index is 0.000000980. The maximum absolute atomic E-state index is 5.39. The van der Waals surface area contributed by atoms with Crippen LogP contribution in [0.5, 0.6) is 0 Å². The first-order valence-corrected chi connectivity index (χ1v) is 3.88. The van der Waals surface area contributed by atoms with Crippen LogP contribution >= 0.6 is 12.4 Å². The maximum atomic E-state index is 5.39. The van der Waals surface area contributed by atoms with E-state index in [0.717, 1.165) is 5.56 Å². The maximum Gasteiger partial charge on any atom is 0.261 e. The minimum atomic E-state index is 0. The fourth-order valence-corrected chi connectivity index (χ4v) is 1.01. The van der Waals surface area contributed by atoms with Crippen molar-refractivity contribution in [2.24, 2.45) is 5.73 Å². The van der Waals surface area contributed by atoms with Gasteiger partial charge in [-0.2, -0.15) is 4.98 Å². The van der Waals surface area contributed by atoms with Crippen LogP contribution in [0.3, 0.4) is 0 Å². The van der Waals surface area contributed by atoms with Gasteiger partial charge in [0.2, 0.25) is 0 Å². The molecule has 0 bridgehead atoms. The van der Waals surface area contributed by atoms with E-state index in [-0.39, 0.29) is 12.4 Å². The van der Waals surface area contributed by atoms with Crippen LogP contribution < -0.4 is 5.73 Å². The molecule has 0 saturated carbocycles. The Morgan fingerprint density at radius 3 is 2.79 bits per heavy atom. The van der Waals surface area contributed by atoms with Gasteiger partial charge in [-0.1, -0.05) is 5.16 Å². The first-order chi connectivity index (χ1) is 6.29. The molecule has 0 atom stereocenters. The van der Waals surface area contributed by atoms with Gasteiger partial charge in [0.15, 0.2) is 5.82 Å². The minimum absolute atomic E-state index is 0. The summed E-state index contributed by atoms with van der Waals surface area (Å²) in [5.74, 6) is 1.76. The lowest BCUT2D eigenvalue weighted by atomic mass is 10.3. The third kappa shape index (κ3) is 1.94. The van der Waals surface area contributed by atoms with Crippen LogP contribution in [-0.4, -0.2) is 10.1 Å². The number of nitrogens with two attached hydrogens (primary N) is 1. The zero-order valence-electron chi connectivity index (χ0n) is 7.56. The van der Waals surface area contributed by atoms with Gasteiger partial charge in [-0.25, -0.2) is 0 Å². The Morgan fingerprint density at radius 1 is 1.50 bits per heavy atom. The van der Waals surface area contributed by atoms with Crippen molar-refractivity contribution in [3.8, 4) is 11.5 Å². The van der Waals surface area contributed by atoms with Crippen LogP contribution in [0.4, 0.5) is 0 Å². The van der Waals surface area contributed by atoms with Gasteiger partial charge in [-0.3, -0.25) is 0 Å². The van der Waals surface area contributed by atoms with Crippen LogP contribution in [0.2, 0.25) is 0 Å². The van der Waals surface area contributed by atoms with E-state index in [2.05, 4.69) is 10.1 Å². The highest BCUT2D eigenvalue weighted by Crippen LogP contribution is 2.19. The summed E-state index contributed by atoms with van der Waals surface area (Å²) in [5.41, 5.74) is 6.15. The molecule has 76 valence electrons. The van der Waals surface area contributed by atoms with Crippen molar-refractivity contribution < 1.29 is 8.94 Å². The molecule has 2 aromatic rings. The average Bonchev–Trinajstić information content (AvgIpc) is 2.71. The highest BCUT2D eigenvalue weighted by atomic mass is 35.5. The van der Waals surface area contributed by atoms with E-state index in [1.54, 1.807) is 19.3 Å². The first kappa shape index (κ1) is 10.7. The van der Waals surface area contributed by atoms with Crippen molar-refractivity contribution in [1.29, 1.82) is 0 Å². The second kappa shape index (κ2) is 4.26. The second-order valence-electron chi connectivity index (χ2n) is 2.65. The topological polar surface area (TPSA) is 78.1 Å². The molecule has 0 radical (unpaired) electrons. The van der Waals surface area contributed by atoms with E-state index in [0.29, 0.717) is 24.0 Å². The molecule has 2 rings (SSSR count). The van der Waals surface area contributed by atoms with Crippen LogP contribution in [0.25, 0.3) is 11.5 Å². The SMILES string of the molecule is Cc1noc(-c2coc(CN)c2)n1.Cl. The Kier molecular flexibility index (Phi) is 3.27. The predicted molar refractivity (Wildman–Crippen MR) is 51.9 cm³/mol. The molecule has 0 amide bonds. The highest BCUT2D eigenvalue weighted by Gasteiger charge is 2.09. The molecular weight excluding hydrogens is 206 g/mol. The van der Waals surface area contributed by atoms with Crippen molar-refractivity contribution in [2.75, 3.05) is 0 Å². The monoisotopic (exact) mass is 215 g/mol. The summed E-state index contributed by atoms with van der Waals surface area (Å²) in [6.07, 6.45) is 1.55. The number of hydrogen-bond acceptors (Lipinski definition) is 5. The van der Waals surface area contributed by atoms with Crippen molar-refractivity contribution in [2.45, 2.75) is 13.5 Å². The molecule has 0 unspecified atom stereocenters. The lowest BCUT2D eigenvalue weighted by molar-refractivity contribution is 0.425. The molecule has 0 aliphatic carbocycles. The number of rotatable bonds is 2. The van der Waals surface area contributed by atoms with Gasteiger partial charge in [0, 0.05) is 0 Å². The molecule has 2 aromatic heterocycles. The average molecular weight is 216 g/mol. The van der Waals surface area contributed by atoms with Gasteiger partial charge in [-0.15, -0.1) is 12.4 Å². The van der Waals surface area contributed by atoms with Gasteiger partial charge < -0.3 is 14.7 Å². The first-order valence-electron chi connectivity index (χ1n) is 3.88. The van der Waals surface area contributed by atoms with Crippen molar-refractivity contribution >= 4 is 12.4 Å². The van der Waals surface area contributed by atoms with E-state index in [9.17, 15) is 0 Å². The lowest BCUT2D eigenvalue weighted by Gasteiger charge is -1.82.